The molecule has 1 aliphatic carbocycles. The van der Waals surface area contributed by atoms with Crippen LogP contribution >= 0.6 is 0 Å². The predicted octanol–water partition coefficient (Wildman–Crippen LogP) is 4.15. The van der Waals surface area contributed by atoms with Gasteiger partial charge in [-0.15, -0.1) is 0 Å². The van der Waals surface area contributed by atoms with Crippen LogP contribution in [0.3, 0.4) is 0 Å². The molecule has 1 saturated carbocycles. The zero-order chi connectivity index (χ0) is 26.5. The number of amides is 2. The van der Waals surface area contributed by atoms with Crippen LogP contribution in [0.4, 0.5) is 8.78 Å². The van der Waals surface area contributed by atoms with E-state index in [4.69, 9.17) is 0 Å². The molecule has 2 heterocycles. The number of aromatic hydroxyl groups is 1. The van der Waals surface area contributed by atoms with Crippen molar-refractivity contribution in [1.82, 2.24) is 14.4 Å². The Balaban J connectivity index is 1.54. The first kappa shape index (κ1) is 24.9. The fraction of sp³-hybridized carbons (Fsp3) is 0.393. The lowest BCUT2D eigenvalue weighted by molar-refractivity contribution is -0.161. The van der Waals surface area contributed by atoms with Gasteiger partial charge in [-0.3, -0.25) is 14.4 Å². The maximum atomic E-state index is 13.7. The van der Waals surface area contributed by atoms with Gasteiger partial charge >= 0.3 is 0 Å². The molecule has 0 atom stereocenters. The Bertz CT molecular complexity index is 1440. The van der Waals surface area contributed by atoms with E-state index in [0.717, 1.165) is 16.3 Å². The van der Waals surface area contributed by atoms with E-state index >= 15 is 0 Å². The van der Waals surface area contributed by atoms with E-state index in [0.29, 0.717) is 18.8 Å². The molecule has 1 aromatic heterocycles. The molecular weight excluding hydrogens is 480 g/mol. The van der Waals surface area contributed by atoms with Crippen molar-refractivity contribution in [3.05, 3.63) is 75.7 Å². The summed E-state index contributed by atoms with van der Waals surface area (Å²) in [4.78, 5) is 42.3. The summed E-state index contributed by atoms with van der Waals surface area (Å²) in [5.74, 6) is -5.16. The first-order valence-corrected chi connectivity index (χ1v) is 12.5. The average Bonchev–Trinajstić information content (AvgIpc) is 2.84. The molecule has 0 radical (unpaired) electrons. The van der Waals surface area contributed by atoms with Crippen LogP contribution in [0.15, 0.2) is 53.3 Å². The van der Waals surface area contributed by atoms with E-state index in [1.165, 1.54) is 11.0 Å². The molecule has 5 rings (SSSR count). The average molecular weight is 510 g/mol. The second kappa shape index (κ2) is 9.28. The third kappa shape index (κ3) is 4.58. The summed E-state index contributed by atoms with van der Waals surface area (Å²) < 4.78 is 28.9. The highest BCUT2D eigenvalue weighted by Crippen LogP contribution is 2.43. The van der Waals surface area contributed by atoms with Gasteiger partial charge in [0.1, 0.15) is 0 Å². The Labute approximate surface area is 212 Å². The van der Waals surface area contributed by atoms with Crippen LogP contribution in [0.1, 0.15) is 48.4 Å². The molecule has 3 aromatic rings. The molecule has 1 aliphatic heterocycles. The third-order valence-electron chi connectivity index (χ3n) is 7.37. The molecular formula is C28H29F2N3O4. The van der Waals surface area contributed by atoms with E-state index in [-0.39, 0.29) is 24.8 Å². The molecule has 194 valence electrons. The van der Waals surface area contributed by atoms with Crippen LogP contribution in [0.5, 0.6) is 5.75 Å². The molecule has 0 bridgehead atoms. The van der Waals surface area contributed by atoms with Crippen molar-refractivity contribution >= 4 is 22.6 Å². The quantitative estimate of drug-likeness (QED) is 0.541. The Morgan fingerprint density at radius 2 is 1.78 bits per heavy atom. The lowest BCUT2D eigenvalue weighted by Gasteiger charge is -2.38. The monoisotopic (exact) mass is 509 g/mol. The minimum absolute atomic E-state index is 0.0540. The number of hydrogen-bond acceptors (Lipinski definition) is 4. The summed E-state index contributed by atoms with van der Waals surface area (Å²) in [6.45, 7) is 4.52. The number of fused-ring (bicyclic) bond motifs is 2. The summed E-state index contributed by atoms with van der Waals surface area (Å²) in [7, 11) is 0. The van der Waals surface area contributed by atoms with Gasteiger partial charge in [0.15, 0.2) is 11.4 Å². The van der Waals surface area contributed by atoms with Gasteiger partial charge in [-0.25, -0.2) is 8.78 Å². The summed E-state index contributed by atoms with van der Waals surface area (Å²) in [5, 5.41) is 12.4. The van der Waals surface area contributed by atoms with Gasteiger partial charge in [0, 0.05) is 56.2 Å². The highest BCUT2D eigenvalue weighted by molar-refractivity contribution is 5.96. The molecule has 2 aliphatic rings. The number of alkyl halides is 2. The third-order valence-corrected chi connectivity index (χ3v) is 7.37. The van der Waals surface area contributed by atoms with Gasteiger partial charge in [0.25, 0.3) is 5.91 Å². The number of benzene rings is 2. The van der Waals surface area contributed by atoms with Crippen LogP contribution in [0, 0.1) is 5.92 Å². The van der Waals surface area contributed by atoms with Crippen molar-refractivity contribution in [3.8, 4) is 5.75 Å². The van der Waals surface area contributed by atoms with Crippen molar-refractivity contribution in [2.45, 2.75) is 58.3 Å². The highest BCUT2D eigenvalue weighted by atomic mass is 19.3. The number of hydrogen-bond donors (Lipinski definition) is 1. The number of aromatic nitrogens is 1. The summed E-state index contributed by atoms with van der Waals surface area (Å²) >= 11 is 0. The maximum absolute atomic E-state index is 13.7. The molecule has 0 unspecified atom stereocenters. The molecule has 0 spiro atoms. The standard InChI is InChI=1S/C28H29F2N3O4/c1-17(2)32-10-11-33-21(12-23(34)25(35)24(33)27(32)37)16-31(26(36)20-13-28(29,30)14-20)15-19-8-5-7-18-6-3-4-9-22(18)19/h3-9,12,17,20,35H,10-11,13-16H2,1-2H3. The minimum Gasteiger partial charge on any atom is -0.503 e. The van der Waals surface area contributed by atoms with Gasteiger partial charge in [0.2, 0.25) is 17.3 Å². The normalized spacial score (nSPS) is 17.1. The first-order chi connectivity index (χ1) is 17.6. The van der Waals surface area contributed by atoms with Crippen LogP contribution in [-0.2, 0) is 24.4 Å². The van der Waals surface area contributed by atoms with Crippen molar-refractivity contribution in [2.75, 3.05) is 6.54 Å². The van der Waals surface area contributed by atoms with E-state index < -0.39 is 47.7 Å². The molecule has 1 N–H and O–H groups in total. The van der Waals surface area contributed by atoms with E-state index in [9.17, 15) is 28.3 Å². The number of carbonyl (C=O) groups is 2. The molecule has 2 aromatic carbocycles. The summed E-state index contributed by atoms with van der Waals surface area (Å²) in [6, 6.07) is 14.5. The minimum atomic E-state index is -2.85. The zero-order valence-electron chi connectivity index (χ0n) is 20.8. The summed E-state index contributed by atoms with van der Waals surface area (Å²) in [5.41, 5.74) is 0.414. The van der Waals surface area contributed by atoms with E-state index in [2.05, 4.69) is 0 Å². The Kier molecular flexibility index (Phi) is 6.25. The van der Waals surface area contributed by atoms with Crippen molar-refractivity contribution in [2.24, 2.45) is 5.92 Å². The molecule has 9 heteroatoms. The van der Waals surface area contributed by atoms with Gasteiger partial charge in [0.05, 0.1) is 6.54 Å². The maximum Gasteiger partial charge on any atom is 0.274 e. The number of pyridine rings is 1. The van der Waals surface area contributed by atoms with Gasteiger partial charge < -0.3 is 19.5 Å². The molecule has 37 heavy (non-hydrogen) atoms. The van der Waals surface area contributed by atoms with Crippen LogP contribution < -0.4 is 5.43 Å². The largest absolute Gasteiger partial charge is 0.503 e. The van der Waals surface area contributed by atoms with Crippen LogP contribution in [0.25, 0.3) is 10.8 Å². The fourth-order valence-corrected chi connectivity index (χ4v) is 5.36. The molecule has 2 amide bonds. The van der Waals surface area contributed by atoms with Gasteiger partial charge in [-0.05, 0) is 30.2 Å². The highest BCUT2D eigenvalue weighted by Gasteiger charge is 2.50. The van der Waals surface area contributed by atoms with Crippen LogP contribution in [0.2, 0.25) is 0 Å². The Morgan fingerprint density at radius 3 is 2.49 bits per heavy atom. The molecule has 7 nitrogen and oxygen atoms in total. The SMILES string of the molecule is CC(C)N1CCn2c(CN(Cc3cccc4ccccc34)C(=O)C3CC(F)(F)C3)cc(=O)c(O)c2C1=O. The fourth-order valence-electron chi connectivity index (χ4n) is 5.36. The Morgan fingerprint density at radius 1 is 1.08 bits per heavy atom. The van der Waals surface area contributed by atoms with E-state index in [1.807, 2.05) is 56.3 Å². The summed E-state index contributed by atoms with van der Waals surface area (Å²) in [6.07, 6.45) is -1.01. The number of halogens is 2. The number of nitrogens with zero attached hydrogens (tertiary/aromatic N) is 3. The van der Waals surface area contributed by atoms with Crippen molar-refractivity contribution in [3.63, 3.8) is 0 Å². The van der Waals surface area contributed by atoms with Crippen molar-refractivity contribution < 1.29 is 23.5 Å². The lowest BCUT2D eigenvalue weighted by atomic mass is 9.80. The topological polar surface area (TPSA) is 82.8 Å². The van der Waals surface area contributed by atoms with Gasteiger partial charge in [-0.2, -0.15) is 0 Å². The van der Waals surface area contributed by atoms with Crippen molar-refractivity contribution in [1.29, 1.82) is 0 Å². The lowest BCUT2D eigenvalue weighted by Crippen LogP contribution is -2.48. The molecule has 1 fully saturated rings. The second-order valence-electron chi connectivity index (χ2n) is 10.2. The predicted molar refractivity (Wildman–Crippen MR) is 134 cm³/mol. The molecule has 0 saturated heterocycles. The Hall–Kier alpha value is -3.75. The first-order valence-electron chi connectivity index (χ1n) is 12.5. The number of carbonyl (C=O) groups excluding carboxylic acids is 2. The number of rotatable bonds is 6. The van der Waals surface area contributed by atoms with Crippen LogP contribution in [-0.4, -0.2) is 49.8 Å². The zero-order valence-corrected chi connectivity index (χ0v) is 20.8. The van der Waals surface area contributed by atoms with Gasteiger partial charge in [-0.1, -0.05) is 42.5 Å². The second-order valence-corrected chi connectivity index (χ2v) is 10.2. The smallest absolute Gasteiger partial charge is 0.274 e. The van der Waals surface area contributed by atoms with E-state index in [1.54, 1.807) is 9.47 Å².